The second-order valence-electron chi connectivity index (χ2n) is 7.42. The molecule has 6 nitrogen and oxygen atoms in total. The first kappa shape index (κ1) is 22.5. The van der Waals surface area contributed by atoms with Crippen LogP contribution in [0.25, 0.3) is 0 Å². The van der Waals surface area contributed by atoms with E-state index in [-0.39, 0.29) is 6.10 Å². The largest absolute Gasteiger partial charge is 0.497 e. The Morgan fingerprint density at radius 1 is 1.14 bits per heavy atom. The minimum atomic E-state index is -0.0939. The van der Waals surface area contributed by atoms with Crippen LogP contribution in [0, 0.1) is 0 Å². The lowest BCUT2D eigenvalue weighted by molar-refractivity contribution is 0.0824. The highest BCUT2D eigenvalue weighted by molar-refractivity contribution is 5.79. The van der Waals surface area contributed by atoms with E-state index in [2.05, 4.69) is 34.6 Å². The van der Waals surface area contributed by atoms with Crippen LogP contribution >= 0.6 is 0 Å². The van der Waals surface area contributed by atoms with Gasteiger partial charge in [-0.3, -0.25) is 4.99 Å². The molecule has 158 valence electrons. The van der Waals surface area contributed by atoms with Gasteiger partial charge >= 0.3 is 0 Å². The average molecular weight is 391 g/mol. The molecule has 1 heterocycles. The molecular weight excluding hydrogens is 352 g/mol. The monoisotopic (exact) mass is 390 g/mol. The zero-order valence-electron chi connectivity index (χ0n) is 17.6. The van der Waals surface area contributed by atoms with Crippen molar-refractivity contribution in [3.05, 3.63) is 29.8 Å². The third-order valence-electron chi connectivity index (χ3n) is 5.15. The predicted octanol–water partition coefficient (Wildman–Crippen LogP) is 2.42. The molecule has 3 N–H and O–H groups in total. The number of methoxy groups -OCH3 is 1. The Morgan fingerprint density at radius 2 is 1.89 bits per heavy atom. The molecule has 1 saturated heterocycles. The number of aliphatic imine (C=N–C) groups is 1. The lowest BCUT2D eigenvalue weighted by Crippen LogP contribution is -2.38. The third kappa shape index (κ3) is 8.93. The molecule has 0 bridgehead atoms. The molecule has 0 radical (unpaired) electrons. The van der Waals surface area contributed by atoms with E-state index in [0.717, 1.165) is 89.5 Å². The van der Waals surface area contributed by atoms with E-state index < -0.39 is 0 Å². The Balaban J connectivity index is 1.58. The molecule has 1 aromatic rings. The van der Waals surface area contributed by atoms with Crippen LogP contribution in [0.5, 0.6) is 5.75 Å². The predicted molar refractivity (Wildman–Crippen MR) is 116 cm³/mol. The molecule has 1 aromatic carbocycles. The first-order valence-corrected chi connectivity index (χ1v) is 10.8. The van der Waals surface area contributed by atoms with Gasteiger partial charge in [-0.1, -0.05) is 12.1 Å². The Morgan fingerprint density at radius 3 is 2.57 bits per heavy atom. The summed E-state index contributed by atoms with van der Waals surface area (Å²) >= 11 is 0. The van der Waals surface area contributed by atoms with Gasteiger partial charge in [0.05, 0.1) is 13.2 Å². The number of hydrogen-bond donors (Lipinski definition) is 3. The van der Waals surface area contributed by atoms with Crippen LogP contribution in [-0.4, -0.2) is 68.4 Å². The fourth-order valence-electron chi connectivity index (χ4n) is 3.42. The van der Waals surface area contributed by atoms with Crippen molar-refractivity contribution in [2.45, 2.75) is 51.6 Å². The van der Waals surface area contributed by atoms with Crippen LogP contribution in [0.4, 0.5) is 0 Å². The van der Waals surface area contributed by atoms with Crippen LogP contribution in [0.3, 0.4) is 0 Å². The van der Waals surface area contributed by atoms with Crippen molar-refractivity contribution < 1.29 is 9.84 Å². The molecule has 0 aromatic heterocycles. The van der Waals surface area contributed by atoms with Crippen molar-refractivity contribution in [2.24, 2.45) is 4.99 Å². The molecule has 0 atom stereocenters. The van der Waals surface area contributed by atoms with Crippen LogP contribution in [-0.2, 0) is 6.42 Å². The maximum Gasteiger partial charge on any atom is 0.191 e. The number of rotatable bonds is 11. The lowest BCUT2D eigenvalue weighted by atomic mass is 10.1. The highest BCUT2D eigenvalue weighted by atomic mass is 16.5. The van der Waals surface area contributed by atoms with Crippen LogP contribution in [0.15, 0.2) is 29.3 Å². The van der Waals surface area contributed by atoms with Gasteiger partial charge in [0.15, 0.2) is 5.96 Å². The Hall–Kier alpha value is -1.79. The van der Waals surface area contributed by atoms with Gasteiger partial charge in [-0.15, -0.1) is 0 Å². The quantitative estimate of drug-likeness (QED) is 0.308. The van der Waals surface area contributed by atoms with Gasteiger partial charge in [0.2, 0.25) is 0 Å². The molecule has 2 rings (SSSR count). The summed E-state index contributed by atoms with van der Waals surface area (Å²) in [4.78, 5) is 7.12. The summed E-state index contributed by atoms with van der Waals surface area (Å²) in [7, 11) is 1.70. The van der Waals surface area contributed by atoms with E-state index in [4.69, 9.17) is 9.73 Å². The van der Waals surface area contributed by atoms with Crippen molar-refractivity contribution in [1.29, 1.82) is 0 Å². The van der Waals surface area contributed by atoms with Gasteiger partial charge in [0.1, 0.15) is 5.75 Å². The SMILES string of the molecule is CCNC(=NCCCN1CCC(O)CC1)NCCCCc1ccc(OC)cc1. The summed E-state index contributed by atoms with van der Waals surface area (Å²) in [6, 6.07) is 8.33. The summed E-state index contributed by atoms with van der Waals surface area (Å²) < 4.78 is 5.20. The highest BCUT2D eigenvalue weighted by Crippen LogP contribution is 2.13. The van der Waals surface area contributed by atoms with Gasteiger partial charge in [0.25, 0.3) is 0 Å². The number of ether oxygens (including phenoxy) is 1. The van der Waals surface area contributed by atoms with Gasteiger partial charge in [-0.05, 0) is 69.7 Å². The number of nitrogens with one attached hydrogen (secondary N) is 2. The molecule has 0 saturated carbocycles. The molecule has 0 unspecified atom stereocenters. The number of nitrogens with zero attached hydrogens (tertiary/aromatic N) is 2. The number of benzene rings is 1. The zero-order valence-corrected chi connectivity index (χ0v) is 17.6. The standard InChI is InChI=1S/C22H38N4O2/c1-3-23-22(25-15-6-16-26-17-12-20(27)13-18-26)24-14-5-4-7-19-8-10-21(28-2)11-9-19/h8-11,20,27H,3-7,12-18H2,1-2H3,(H2,23,24,25). The molecule has 0 spiro atoms. The number of aryl methyl sites for hydroxylation is 1. The van der Waals surface area contributed by atoms with Crippen molar-refractivity contribution in [1.82, 2.24) is 15.5 Å². The van der Waals surface area contributed by atoms with E-state index in [1.807, 2.05) is 12.1 Å². The first-order valence-electron chi connectivity index (χ1n) is 10.8. The second-order valence-corrected chi connectivity index (χ2v) is 7.42. The van der Waals surface area contributed by atoms with Gasteiger partial charge in [-0.2, -0.15) is 0 Å². The molecule has 1 aliphatic heterocycles. The fraction of sp³-hybridized carbons (Fsp3) is 0.682. The molecule has 1 aliphatic rings. The minimum absolute atomic E-state index is 0.0939. The van der Waals surface area contributed by atoms with E-state index in [9.17, 15) is 5.11 Å². The molecule has 1 fully saturated rings. The normalized spacial score (nSPS) is 16.2. The number of aliphatic hydroxyl groups is 1. The highest BCUT2D eigenvalue weighted by Gasteiger charge is 2.15. The van der Waals surface area contributed by atoms with Crippen molar-refractivity contribution in [3.8, 4) is 5.75 Å². The molecular formula is C22H38N4O2. The van der Waals surface area contributed by atoms with Crippen LogP contribution < -0.4 is 15.4 Å². The van der Waals surface area contributed by atoms with E-state index in [0.29, 0.717) is 0 Å². The minimum Gasteiger partial charge on any atom is -0.497 e. The molecule has 0 amide bonds. The average Bonchev–Trinajstić information content (AvgIpc) is 2.72. The molecule has 6 heteroatoms. The second kappa shape index (κ2) is 13.4. The Bertz CT molecular complexity index is 554. The smallest absolute Gasteiger partial charge is 0.191 e. The third-order valence-corrected chi connectivity index (χ3v) is 5.15. The fourth-order valence-corrected chi connectivity index (χ4v) is 3.42. The summed E-state index contributed by atoms with van der Waals surface area (Å²) in [5.74, 6) is 1.83. The Labute approximate surface area is 170 Å². The van der Waals surface area contributed by atoms with Crippen molar-refractivity contribution in [2.75, 3.05) is 46.4 Å². The number of piperidine rings is 1. The summed E-state index contributed by atoms with van der Waals surface area (Å²) in [5, 5.41) is 16.3. The van der Waals surface area contributed by atoms with E-state index in [1.165, 1.54) is 5.56 Å². The van der Waals surface area contributed by atoms with E-state index >= 15 is 0 Å². The maximum absolute atomic E-state index is 9.57. The van der Waals surface area contributed by atoms with Gasteiger partial charge < -0.3 is 25.4 Å². The summed E-state index contributed by atoms with van der Waals surface area (Å²) in [6.45, 7) is 7.83. The van der Waals surface area contributed by atoms with Crippen LogP contribution in [0.1, 0.15) is 44.6 Å². The maximum atomic E-state index is 9.57. The van der Waals surface area contributed by atoms with Crippen molar-refractivity contribution >= 4 is 5.96 Å². The zero-order chi connectivity index (χ0) is 20.0. The number of aliphatic hydroxyl groups excluding tert-OH is 1. The number of hydrogen-bond acceptors (Lipinski definition) is 4. The lowest BCUT2D eigenvalue weighted by Gasteiger charge is -2.29. The topological polar surface area (TPSA) is 69.1 Å². The van der Waals surface area contributed by atoms with Crippen molar-refractivity contribution in [3.63, 3.8) is 0 Å². The van der Waals surface area contributed by atoms with Gasteiger partial charge in [-0.25, -0.2) is 0 Å². The summed E-state index contributed by atoms with van der Waals surface area (Å²) in [6.07, 6.45) is 6.14. The molecule has 28 heavy (non-hydrogen) atoms. The first-order chi connectivity index (χ1) is 13.7. The molecule has 0 aliphatic carbocycles. The summed E-state index contributed by atoms with van der Waals surface area (Å²) in [5.41, 5.74) is 1.35. The number of guanidine groups is 1. The number of unbranched alkanes of at least 4 members (excludes halogenated alkanes) is 1. The van der Waals surface area contributed by atoms with Crippen LogP contribution in [0.2, 0.25) is 0 Å². The Kier molecular flexibility index (Phi) is 10.8. The van der Waals surface area contributed by atoms with E-state index in [1.54, 1.807) is 7.11 Å². The van der Waals surface area contributed by atoms with Gasteiger partial charge in [0, 0.05) is 32.7 Å². The number of likely N-dealkylation sites (tertiary alicyclic amines) is 1.